The van der Waals surface area contributed by atoms with Crippen molar-refractivity contribution in [3.8, 4) is 0 Å². The summed E-state index contributed by atoms with van der Waals surface area (Å²) < 4.78 is 6.92. The van der Waals surface area contributed by atoms with Crippen LogP contribution in [0.15, 0.2) is 30.5 Å². The molecule has 4 rings (SSSR count). The van der Waals surface area contributed by atoms with Crippen LogP contribution >= 0.6 is 0 Å². The van der Waals surface area contributed by atoms with E-state index in [0.29, 0.717) is 18.6 Å². The molecule has 2 aliphatic rings. The summed E-state index contributed by atoms with van der Waals surface area (Å²) in [4.78, 5) is 28.4. The molecule has 1 aromatic carbocycles. The van der Waals surface area contributed by atoms with Gasteiger partial charge in [0.2, 0.25) is 5.91 Å². The van der Waals surface area contributed by atoms with Crippen molar-refractivity contribution in [1.82, 2.24) is 14.4 Å². The van der Waals surface area contributed by atoms with Gasteiger partial charge in [-0.3, -0.25) is 9.36 Å². The van der Waals surface area contributed by atoms with Crippen molar-refractivity contribution in [2.24, 2.45) is 0 Å². The third-order valence-corrected chi connectivity index (χ3v) is 6.56. The molecule has 6 nitrogen and oxygen atoms in total. The van der Waals surface area contributed by atoms with Crippen LogP contribution < -0.4 is 0 Å². The van der Waals surface area contributed by atoms with Gasteiger partial charge in [-0.25, -0.2) is 4.79 Å². The molecule has 1 aromatic heterocycles. The number of piperidine rings is 2. The van der Waals surface area contributed by atoms with Gasteiger partial charge >= 0.3 is 6.09 Å². The number of para-hydroxylation sites is 1. The highest BCUT2D eigenvalue weighted by Crippen LogP contribution is 2.35. The predicted octanol–water partition coefficient (Wildman–Crippen LogP) is 4.10. The molecular formula is C23H31N3O3. The average Bonchev–Trinajstić information content (AvgIpc) is 3.19. The lowest BCUT2D eigenvalue weighted by atomic mass is 9.87. The Morgan fingerprint density at radius 1 is 1.03 bits per heavy atom. The number of carbonyl (C=O) groups excluding carboxylic acids is 2. The Labute approximate surface area is 172 Å². The van der Waals surface area contributed by atoms with Crippen LogP contribution in [-0.2, 0) is 4.74 Å². The van der Waals surface area contributed by atoms with Gasteiger partial charge in [-0.2, -0.15) is 0 Å². The van der Waals surface area contributed by atoms with Gasteiger partial charge in [0.15, 0.2) is 0 Å². The zero-order valence-electron chi connectivity index (χ0n) is 17.5. The lowest BCUT2D eigenvalue weighted by Crippen LogP contribution is -2.48. The van der Waals surface area contributed by atoms with Crippen molar-refractivity contribution in [1.29, 1.82) is 0 Å². The van der Waals surface area contributed by atoms with E-state index in [1.54, 1.807) is 11.5 Å². The van der Waals surface area contributed by atoms with Crippen LogP contribution in [0.4, 0.5) is 4.79 Å². The number of aromatic nitrogens is 1. The molecule has 0 saturated carbocycles. The molecule has 156 valence electrons. The van der Waals surface area contributed by atoms with Gasteiger partial charge in [-0.1, -0.05) is 18.2 Å². The molecule has 29 heavy (non-hydrogen) atoms. The van der Waals surface area contributed by atoms with Crippen LogP contribution in [-0.4, -0.2) is 65.2 Å². The topological polar surface area (TPSA) is 54.8 Å². The minimum atomic E-state index is -0.175. The third kappa shape index (κ3) is 4.04. The first-order valence-corrected chi connectivity index (χ1v) is 10.8. The number of hydrogen-bond donors (Lipinski definition) is 0. The second kappa shape index (κ2) is 8.57. The molecular weight excluding hydrogens is 366 g/mol. The Morgan fingerprint density at radius 3 is 2.41 bits per heavy atom. The molecule has 0 bridgehead atoms. The summed E-state index contributed by atoms with van der Waals surface area (Å²) in [5.74, 6) is 0.556. The van der Waals surface area contributed by atoms with E-state index in [-0.39, 0.29) is 12.0 Å². The van der Waals surface area contributed by atoms with Crippen LogP contribution in [0.25, 0.3) is 10.9 Å². The largest absolute Gasteiger partial charge is 0.450 e. The maximum absolute atomic E-state index is 12.0. The van der Waals surface area contributed by atoms with Gasteiger partial charge in [0, 0.05) is 37.6 Å². The number of hydrogen-bond acceptors (Lipinski definition) is 4. The maximum atomic E-state index is 12.0. The zero-order chi connectivity index (χ0) is 20.4. The van der Waals surface area contributed by atoms with E-state index in [2.05, 4.69) is 23.1 Å². The maximum Gasteiger partial charge on any atom is 0.409 e. The SMILES string of the molecule is CCOC(=O)N1CCC(N2CCC(c3cccc4ccn(C(C)=O)c34)CC2)CC1. The number of nitrogens with zero attached hydrogens (tertiary/aromatic N) is 3. The summed E-state index contributed by atoms with van der Waals surface area (Å²) in [6.45, 7) is 7.64. The fourth-order valence-corrected chi connectivity index (χ4v) is 5.02. The third-order valence-electron chi connectivity index (χ3n) is 6.56. The van der Waals surface area contributed by atoms with E-state index < -0.39 is 0 Å². The summed E-state index contributed by atoms with van der Waals surface area (Å²) in [5, 5.41) is 1.14. The summed E-state index contributed by atoms with van der Waals surface area (Å²) in [5.41, 5.74) is 2.39. The van der Waals surface area contributed by atoms with E-state index >= 15 is 0 Å². The molecule has 2 saturated heterocycles. The fourth-order valence-electron chi connectivity index (χ4n) is 5.02. The molecule has 1 amide bonds. The van der Waals surface area contributed by atoms with Crippen LogP contribution in [0.2, 0.25) is 0 Å². The van der Waals surface area contributed by atoms with E-state index in [1.165, 1.54) is 5.56 Å². The van der Waals surface area contributed by atoms with Gasteiger partial charge < -0.3 is 14.5 Å². The molecule has 0 atom stereocenters. The van der Waals surface area contributed by atoms with Crippen molar-refractivity contribution in [2.45, 2.75) is 51.5 Å². The molecule has 0 unspecified atom stereocenters. The van der Waals surface area contributed by atoms with Crippen LogP contribution in [0, 0.1) is 0 Å². The first kappa shape index (κ1) is 20.0. The minimum absolute atomic E-state index is 0.0678. The zero-order valence-corrected chi connectivity index (χ0v) is 17.5. The van der Waals surface area contributed by atoms with Gasteiger partial charge in [-0.15, -0.1) is 0 Å². The van der Waals surface area contributed by atoms with Crippen LogP contribution in [0.5, 0.6) is 0 Å². The number of carbonyl (C=O) groups is 2. The molecule has 6 heteroatoms. The van der Waals surface area contributed by atoms with E-state index in [4.69, 9.17) is 4.74 Å². The first-order valence-electron chi connectivity index (χ1n) is 10.8. The lowest BCUT2D eigenvalue weighted by molar-refractivity contribution is 0.0663. The summed E-state index contributed by atoms with van der Waals surface area (Å²) >= 11 is 0. The molecule has 0 aliphatic carbocycles. The Morgan fingerprint density at radius 2 is 1.76 bits per heavy atom. The second-order valence-electron chi connectivity index (χ2n) is 8.22. The predicted molar refractivity (Wildman–Crippen MR) is 113 cm³/mol. The number of fused-ring (bicyclic) bond motifs is 1. The fraction of sp³-hybridized carbons (Fsp3) is 0.565. The molecule has 0 N–H and O–H groups in total. The van der Waals surface area contributed by atoms with Crippen molar-refractivity contribution in [3.05, 3.63) is 36.0 Å². The van der Waals surface area contributed by atoms with Crippen LogP contribution in [0.1, 0.15) is 55.8 Å². The van der Waals surface area contributed by atoms with Crippen molar-refractivity contribution in [3.63, 3.8) is 0 Å². The smallest absolute Gasteiger partial charge is 0.409 e. The summed E-state index contributed by atoms with van der Waals surface area (Å²) in [6.07, 6.45) is 5.98. The second-order valence-corrected chi connectivity index (χ2v) is 8.22. The Bertz CT molecular complexity index is 875. The van der Waals surface area contributed by atoms with Crippen molar-refractivity contribution >= 4 is 22.9 Å². The number of benzene rings is 1. The van der Waals surface area contributed by atoms with Gasteiger partial charge in [0.1, 0.15) is 0 Å². The number of likely N-dealkylation sites (tertiary alicyclic amines) is 2. The number of rotatable bonds is 3. The highest BCUT2D eigenvalue weighted by atomic mass is 16.6. The first-order chi connectivity index (χ1) is 14.1. The average molecular weight is 398 g/mol. The minimum Gasteiger partial charge on any atom is -0.450 e. The Kier molecular flexibility index (Phi) is 5.90. The van der Waals surface area contributed by atoms with Crippen molar-refractivity contribution < 1.29 is 14.3 Å². The molecule has 2 aliphatic heterocycles. The quantitative estimate of drug-likeness (QED) is 0.782. The molecule has 3 heterocycles. The molecule has 2 fully saturated rings. The van der Waals surface area contributed by atoms with Gasteiger partial charge in [0.25, 0.3) is 0 Å². The molecule has 0 spiro atoms. The Hall–Kier alpha value is -2.34. The standard InChI is InChI=1S/C23H31N3O3/c1-3-29-23(28)25-14-10-20(11-15-25)24-12-7-18(8-13-24)21-6-4-5-19-9-16-26(17(2)27)22(19)21/h4-6,9,16,18,20H,3,7-8,10-15H2,1-2H3. The van der Waals surface area contributed by atoms with E-state index in [1.807, 2.05) is 24.1 Å². The molecule has 0 radical (unpaired) electrons. The van der Waals surface area contributed by atoms with E-state index in [9.17, 15) is 9.59 Å². The van der Waals surface area contributed by atoms with Crippen LogP contribution in [0.3, 0.4) is 0 Å². The monoisotopic (exact) mass is 397 g/mol. The highest BCUT2D eigenvalue weighted by molar-refractivity contribution is 5.93. The lowest BCUT2D eigenvalue weighted by Gasteiger charge is -2.41. The summed E-state index contributed by atoms with van der Waals surface area (Å²) in [7, 11) is 0. The van der Waals surface area contributed by atoms with Gasteiger partial charge in [0.05, 0.1) is 12.1 Å². The van der Waals surface area contributed by atoms with Gasteiger partial charge in [-0.05, 0) is 63.2 Å². The summed E-state index contributed by atoms with van der Waals surface area (Å²) in [6, 6.07) is 8.98. The number of ether oxygens (including phenoxy) is 1. The highest BCUT2D eigenvalue weighted by Gasteiger charge is 2.31. The number of amides is 1. The Balaban J connectivity index is 1.38. The van der Waals surface area contributed by atoms with E-state index in [0.717, 1.165) is 62.8 Å². The normalized spacial score (nSPS) is 19.6. The molecule has 2 aromatic rings. The van der Waals surface area contributed by atoms with Crippen molar-refractivity contribution in [2.75, 3.05) is 32.8 Å².